The van der Waals surface area contributed by atoms with E-state index in [4.69, 9.17) is 5.11 Å². The molecule has 0 unspecified atom stereocenters. The van der Waals surface area contributed by atoms with Crippen molar-refractivity contribution in [3.8, 4) is 5.69 Å². The summed E-state index contributed by atoms with van der Waals surface area (Å²) in [7, 11) is 1.45. The van der Waals surface area contributed by atoms with Crippen LogP contribution in [-0.2, 0) is 7.05 Å². The number of rotatable bonds is 2. The van der Waals surface area contributed by atoms with E-state index in [0.717, 1.165) is 14.9 Å². The maximum atomic E-state index is 11.7. The van der Waals surface area contributed by atoms with E-state index in [2.05, 4.69) is 10.4 Å². The molecule has 0 spiro atoms. The van der Waals surface area contributed by atoms with Crippen molar-refractivity contribution in [3.05, 3.63) is 39.8 Å². The number of carboxylic acid groups (broad SMARTS) is 1. The predicted molar refractivity (Wildman–Crippen MR) is 58.3 cm³/mol. The van der Waals surface area contributed by atoms with Crippen molar-refractivity contribution in [1.82, 2.24) is 19.8 Å². The van der Waals surface area contributed by atoms with Gasteiger partial charge in [0.1, 0.15) is 0 Å². The third-order valence-electron chi connectivity index (χ3n) is 2.33. The SMILES string of the molecule is Cc1ccc(C(=O)O)c(-n2nnn(C)c2=O)c1. The summed E-state index contributed by atoms with van der Waals surface area (Å²) in [6.07, 6.45) is 0. The number of hydrogen-bond donors (Lipinski definition) is 1. The summed E-state index contributed by atoms with van der Waals surface area (Å²) in [6, 6.07) is 4.68. The van der Waals surface area contributed by atoms with Crippen LogP contribution in [0.25, 0.3) is 5.69 Å². The fourth-order valence-corrected chi connectivity index (χ4v) is 1.46. The van der Waals surface area contributed by atoms with Gasteiger partial charge in [0.15, 0.2) is 0 Å². The standard InChI is InChI=1S/C10H10N4O3/c1-6-3-4-7(9(15)16)8(5-6)14-10(17)13(2)11-12-14/h3-5H,1-2H3,(H,15,16). The highest BCUT2D eigenvalue weighted by Crippen LogP contribution is 2.14. The molecule has 7 heteroatoms. The first-order chi connectivity index (χ1) is 8.00. The van der Waals surface area contributed by atoms with Gasteiger partial charge in [-0.1, -0.05) is 6.07 Å². The highest BCUT2D eigenvalue weighted by molar-refractivity contribution is 5.91. The predicted octanol–water partition coefficient (Wildman–Crippen LogP) is -0.0274. The molecule has 0 aliphatic carbocycles. The summed E-state index contributed by atoms with van der Waals surface area (Å²) in [6.45, 7) is 1.80. The number of carbonyl (C=O) groups is 1. The Balaban J connectivity index is 2.74. The second-order valence-corrected chi connectivity index (χ2v) is 3.62. The average Bonchev–Trinajstić information content (AvgIpc) is 2.59. The van der Waals surface area contributed by atoms with E-state index in [-0.39, 0.29) is 11.3 Å². The lowest BCUT2D eigenvalue weighted by atomic mass is 10.1. The Hall–Kier alpha value is -2.44. The molecule has 1 N–H and O–H groups in total. The van der Waals surface area contributed by atoms with E-state index >= 15 is 0 Å². The Morgan fingerprint density at radius 3 is 2.59 bits per heavy atom. The summed E-state index contributed by atoms with van der Waals surface area (Å²) < 4.78 is 2.00. The van der Waals surface area contributed by atoms with Crippen LogP contribution in [0.3, 0.4) is 0 Å². The minimum atomic E-state index is -1.11. The van der Waals surface area contributed by atoms with Crippen LogP contribution in [-0.4, -0.2) is 30.9 Å². The molecule has 1 heterocycles. The number of benzene rings is 1. The van der Waals surface area contributed by atoms with Crippen LogP contribution in [0.4, 0.5) is 0 Å². The molecule has 0 saturated carbocycles. The van der Waals surface area contributed by atoms with Gasteiger partial charge in [-0.15, -0.1) is 0 Å². The quantitative estimate of drug-likeness (QED) is 0.788. The number of aryl methyl sites for hydroxylation is 2. The first-order valence-electron chi connectivity index (χ1n) is 4.84. The molecular weight excluding hydrogens is 224 g/mol. The molecule has 0 bridgehead atoms. The van der Waals surface area contributed by atoms with E-state index in [1.165, 1.54) is 13.1 Å². The van der Waals surface area contributed by atoms with E-state index in [1.54, 1.807) is 19.1 Å². The molecular formula is C10H10N4O3. The van der Waals surface area contributed by atoms with Crippen molar-refractivity contribution in [1.29, 1.82) is 0 Å². The maximum Gasteiger partial charge on any atom is 0.368 e. The van der Waals surface area contributed by atoms with E-state index in [0.29, 0.717) is 0 Å². The molecule has 0 saturated heterocycles. The van der Waals surface area contributed by atoms with Gasteiger partial charge < -0.3 is 5.11 Å². The van der Waals surface area contributed by atoms with Gasteiger partial charge in [0.05, 0.1) is 11.3 Å². The van der Waals surface area contributed by atoms with Gasteiger partial charge in [-0.2, -0.15) is 9.36 Å². The van der Waals surface area contributed by atoms with Gasteiger partial charge in [-0.3, -0.25) is 0 Å². The number of hydrogen-bond acceptors (Lipinski definition) is 4. The van der Waals surface area contributed by atoms with E-state index in [1.807, 2.05) is 0 Å². The van der Waals surface area contributed by atoms with Crippen molar-refractivity contribution in [2.75, 3.05) is 0 Å². The van der Waals surface area contributed by atoms with Crippen LogP contribution in [0, 0.1) is 6.92 Å². The number of nitrogens with zero attached hydrogens (tertiary/aromatic N) is 4. The largest absolute Gasteiger partial charge is 0.478 e. The van der Waals surface area contributed by atoms with Gasteiger partial charge in [-0.25, -0.2) is 9.59 Å². The van der Waals surface area contributed by atoms with Crippen LogP contribution in [0.5, 0.6) is 0 Å². The summed E-state index contributed by atoms with van der Waals surface area (Å²) >= 11 is 0. The van der Waals surface area contributed by atoms with Crippen molar-refractivity contribution >= 4 is 5.97 Å². The Labute approximate surface area is 95.9 Å². The lowest BCUT2D eigenvalue weighted by molar-refractivity contribution is 0.0696. The Bertz CT molecular complexity index is 641. The fraction of sp³-hybridized carbons (Fsp3) is 0.200. The molecule has 0 fully saturated rings. The van der Waals surface area contributed by atoms with Gasteiger partial charge in [-0.05, 0) is 35.0 Å². The molecule has 0 atom stereocenters. The van der Waals surface area contributed by atoms with Crippen molar-refractivity contribution in [3.63, 3.8) is 0 Å². The third-order valence-corrected chi connectivity index (χ3v) is 2.33. The molecule has 0 amide bonds. The number of carboxylic acids is 1. The molecule has 0 aliphatic rings. The first kappa shape index (κ1) is 11.1. The van der Waals surface area contributed by atoms with Gasteiger partial charge in [0.2, 0.25) is 0 Å². The van der Waals surface area contributed by atoms with Gasteiger partial charge in [0.25, 0.3) is 0 Å². The normalized spacial score (nSPS) is 10.5. The smallest absolute Gasteiger partial charge is 0.368 e. The van der Waals surface area contributed by atoms with Crippen LogP contribution in [0.15, 0.2) is 23.0 Å². The van der Waals surface area contributed by atoms with Crippen molar-refractivity contribution in [2.45, 2.75) is 6.92 Å². The number of tetrazole rings is 1. The minimum absolute atomic E-state index is 0.0122. The van der Waals surface area contributed by atoms with Crippen molar-refractivity contribution < 1.29 is 9.90 Å². The van der Waals surface area contributed by atoms with Gasteiger partial charge in [0, 0.05) is 7.05 Å². The summed E-state index contributed by atoms with van der Waals surface area (Å²) in [5.74, 6) is -1.11. The molecule has 17 heavy (non-hydrogen) atoms. The summed E-state index contributed by atoms with van der Waals surface area (Å²) in [5, 5.41) is 16.2. The second kappa shape index (κ2) is 3.85. The molecule has 88 valence electrons. The second-order valence-electron chi connectivity index (χ2n) is 3.62. The van der Waals surface area contributed by atoms with Crippen LogP contribution in [0.1, 0.15) is 15.9 Å². The fourth-order valence-electron chi connectivity index (χ4n) is 1.46. The highest BCUT2D eigenvalue weighted by Gasteiger charge is 2.15. The monoisotopic (exact) mass is 234 g/mol. The number of aromatic nitrogens is 4. The summed E-state index contributed by atoms with van der Waals surface area (Å²) in [4.78, 5) is 22.7. The lowest BCUT2D eigenvalue weighted by Gasteiger charge is -2.04. The molecule has 0 radical (unpaired) electrons. The average molecular weight is 234 g/mol. The van der Waals surface area contributed by atoms with Crippen LogP contribution >= 0.6 is 0 Å². The molecule has 1 aromatic carbocycles. The van der Waals surface area contributed by atoms with Crippen LogP contribution < -0.4 is 5.69 Å². The molecule has 1 aromatic heterocycles. The molecule has 2 aromatic rings. The first-order valence-corrected chi connectivity index (χ1v) is 4.84. The molecule has 7 nitrogen and oxygen atoms in total. The van der Waals surface area contributed by atoms with Crippen molar-refractivity contribution in [2.24, 2.45) is 7.05 Å². The van der Waals surface area contributed by atoms with Gasteiger partial charge >= 0.3 is 11.7 Å². The highest BCUT2D eigenvalue weighted by atomic mass is 16.4. The molecule has 2 rings (SSSR count). The number of aromatic carboxylic acids is 1. The minimum Gasteiger partial charge on any atom is -0.478 e. The lowest BCUT2D eigenvalue weighted by Crippen LogP contribution is -2.23. The zero-order valence-electron chi connectivity index (χ0n) is 9.28. The maximum absolute atomic E-state index is 11.7. The summed E-state index contributed by atoms with van der Waals surface area (Å²) in [5.41, 5.74) is 0.578. The topological polar surface area (TPSA) is 90.0 Å². The zero-order valence-corrected chi connectivity index (χ0v) is 9.28. The zero-order chi connectivity index (χ0) is 12.6. The van der Waals surface area contributed by atoms with E-state index in [9.17, 15) is 9.59 Å². The Kier molecular flexibility index (Phi) is 2.51. The van der Waals surface area contributed by atoms with E-state index < -0.39 is 11.7 Å². The molecule has 0 aliphatic heterocycles. The Morgan fingerprint density at radius 1 is 1.35 bits per heavy atom. The Morgan fingerprint density at radius 2 is 2.06 bits per heavy atom. The van der Waals surface area contributed by atoms with Crippen LogP contribution in [0.2, 0.25) is 0 Å². The third kappa shape index (κ3) is 1.82.